The maximum absolute atomic E-state index is 11.3. The molecular formula is C12H14O2S. The van der Waals surface area contributed by atoms with Crippen LogP contribution in [0.15, 0.2) is 41.8 Å². The largest absolute Gasteiger partial charge is 0.466 e. The third kappa shape index (κ3) is 5.18. The van der Waals surface area contributed by atoms with E-state index in [1.165, 1.54) is 0 Å². The van der Waals surface area contributed by atoms with Gasteiger partial charge in [0.25, 0.3) is 0 Å². The molecule has 0 amide bonds. The van der Waals surface area contributed by atoms with Crippen molar-refractivity contribution in [2.24, 2.45) is 0 Å². The molecule has 3 heteroatoms. The van der Waals surface area contributed by atoms with Crippen LogP contribution in [0.2, 0.25) is 0 Å². The molecule has 0 saturated heterocycles. The Morgan fingerprint density at radius 3 is 2.80 bits per heavy atom. The number of carbonyl (C=O) groups excluding carboxylic acids is 1. The van der Waals surface area contributed by atoms with Gasteiger partial charge in [-0.05, 0) is 18.4 Å². The minimum atomic E-state index is -0.176. The summed E-state index contributed by atoms with van der Waals surface area (Å²) in [7, 11) is 0. The minimum Gasteiger partial charge on any atom is -0.466 e. The predicted octanol–water partition coefficient (Wildman–Crippen LogP) is 2.98. The Bertz CT molecular complexity index is 332. The highest BCUT2D eigenvalue weighted by Crippen LogP contribution is 2.05. The van der Waals surface area contributed by atoms with Crippen molar-refractivity contribution in [1.29, 1.82) is 0 Å². The fourth-order valence-corrected chi connectivity index (χ4v) is 1.72. The van der Waals surface area contributed by atoms with Crippen LogP contribution < -0.4 is 0 Å². The maximum Gasteiger partial charge on any atom is 0.311 e. The van der Waals surface area contributed by atoms with Gasteiger partial charge in [0.15, 0.2) is 0 Å². The van der Waals surface area contributed by atoms with Crippen LogP contribution in [0.5, 0.6) is 0 Å². The Labute approximate surface area is 93.8 Å². The molecule has 0 bridgehead atoms. The average molecular weight is 222 g/mol. The van der Waals surface area contributed by atoms with E-state index in [9.17, 15) is 4.79 Å². The van der Waals surface area contributed by atoms with E-state index in [2.05, 4.69) is 0 Å². The zero-order valence-corrected chi connectivity index (χ0v) is 9.50. The van der Waals surface area contributed by atoms with Gasteiger partial charge >= 0.3 is 5.97 Å². The molecule has 0 spiro atoms. The summed E-state index contributed by atoms with van der Waals surface area (Å²) in [4.78, 5) is 12.2. The number of carbonyl (C=O) groups is 1. The highest BCUT2D eigenvalue weighted by atomic mass is 32.1. The molecule has 0 N–H and O–H groups in total. The first-order valence-electron chi connectivity index (χ1n) is 4.84. The first-order chi connectivity index (χ1) is 7.33. The van der Waals surface area contributed by atoms with E-state index in [4.69, 9.17) is 4.74 Å². The van der Waals surface area contributed by atoms with Gasteiger partial charge in [-0.2, -0.15) is 0 Å². The summed E-state index contributed by atoms with van der Waals surface area (Å²) in [6, 6.07) is 11.6. The van der Waals surface area contributed by atoms with Crippen LogP contribution in [0.1, 0.15) is 11.8 Å². The van der Waals surface area contributed by atoms with Crippen molar-refractivity contribution in [3.8, 4) is 0 Å². The Balaban J connectivity index is 2.78. The van der Waals surface area contributed by atoms with Gasteiger partial charge in [-0.1, -0.05) is 30.3 Å². The Morgan fingerprint density at radius 1 is 1.27 bits per heavy atom. The van der Waals surface area contributed by atoms with Crippen LogP contribution >= 0.6 is 11.3 Å². The van der Waals surface area contributed by atoms with Crippen molar-refractivity contribution in [3.05, 3.63) is 46.7 Å². The van der Waals surface area contributed by atoms with Crippen molar-refractivity contribution < 1.29 is 9.53 Å². The topological polar surface area (TPSA) is 26.3 Å². The van der Waals surface area contributed by atoms with Gasteiger partial charge < -0.3 is 4.74 Å². The number of rotatable bonds is 3. The minimum absolute atomic E-state index is 0.176. The van der Waals surface area contributed by atoms with Crippen LogP contribution in [0.25, 0.3) is 0 Å². The van der Waals surface area contributed by atoms with Crippen molar-refractivity contribution >= 4 is 17.3 Å². The molecule has 1 aromatic heterocycles. The smallest absolute Gasteiger partial charge is 0.311 e. The first kappa shape index (κ1) is 11.7. The quantitative estimate of drug-likeness (QED) is 0.735. The van der Waals surface area contributed by atoms with Gasteiger partial charge in [0, 0.05) is 4.88 Å². The third-order valence-corrected chi connectivity index (χ3v) is 2.52. The summed E-state index contributed by atoms with van der Waals surface area (Å²) in [5.41, 5.74) is 0. The van der Waals surface area contributed by atoms with Gasteiger partial charge in [-0.15, -0.1) is 11.3 Å². The highest BCUT2D eigenvalue weighted by molar-refractivity contribution is 7.09. The lowest BCUT2D eigenvalue weighted by atomic mass is 10.3. The third-order valence-electron chi connectivity index (χ3n) is 1.65. The summed E-state index contributed by atoms with van der Waals surface area (Å²) in [6.45, 7) is 2.25. The fourth-order valence-electron chi connectivity index (χ4n) is 1.02. The van der Waals surface area contributed by atoms with Crippen LogP contribution in [-0.4, -0.2) is 12.6 Å². The zero-order valence-electron chi connectivity index (χ0n) is 8.68. The van der Waals surface area contributed by atoms with Gasteiger partial charge in [0.05, 0.1) is 13.0 Å². The second kappa shape index (κ2) is 7.01. The molecule has 0 aliphatic heterocycles. The van der Waals surface area contributed by atoms with E-state index in [0.717, 1.165) is 4.88 Å². The van der Waals surface area contributed by atoms with Crippen molar-refractivity contribution in [2.75, 3.05) is 6.61 Å². The molecule has 80 valence electrons. The molecule has 0 aliphatic rings. The Morgan fingerprint density at radius 2 is 2.00 bits per heavy atom. The number of ether oxygens (including phenoxy) is 1. The van der Waals surface area contributed by atoms with Crippen LogP contribution in [-0.2, 0) is 16.0 Å². The molecule has 0 aliphatic carbocycles. The molecule has 0 fully saturated rings. The van der Waals surface area contributed by atoms with Crippen molar-refractivity contribution in [3.63, 3.8) is 0 Å². The molecule has 0 atom stereocenters. The van der Waals surface area contributed by atoms with Crippen LogP contribution in [0.3, 0.4) is 0 Å². The molecule has 1 heterocycles. The normalized spacial score (nSPS) is 9.13. The summed E-state index contributed by atoms with van der Waals surface area (Å²) in [5, 5.41) is 1.95. The lowest BCUT2D eigenvalue weighted by Crippen LogP contribution is -2.06. The predicted molar refractivity (Wildman–Crippen MR) is 62.3 cm³/mol. The SMILES string of the molecule is CCOC(=O)Cc1cccccccs1. The first-order valence-corrected chi connectivity index (χ1v) is 5.72. The van der Waals surface area contributed by atoms with Gasteiger partial charge in [0.1, 0.15) is 0 Å². The van der Waals surface area contributed by atoms with E-state index >= 15 is 0 Å². The van der Waals surface area contributed by atoms with Gasteiger partial charge in [0.2, 0.25) is 0 Å². The fraction of sp³-hybridized carbons (Fsp3) is 0.250. The van der Waals surface area contributed by atoms with Gasteiger partial charge in [-0.3, -0.25) is 4.79 Å². The van der Waals surface area contributed by atoms with Crippen molar-refractivity contribution in [2.45, 2.75) is 13.3 Å². The molecule has 0 radical (unpaired) electrons. The monoisotopic (exact) mass is 222 g/mol. The van der Waals surface area contributed by atoms with E-state index in [0.29, 0.717) is 13.0 Å². The summed E-state index contributed by atoms with van der Waals surface area (Å²) < 4.78 is 4.89. The molecule has 0 saturated carbocycles. The van der Waals surface area contributed by atoms with E-state index < -0.39 is 0 Å². The van der Waals surface area contributed by atoms with E-state index in [1.807, 2.05) is 48.7 Å². The molecule has 15 heavy (non-hydrogen) atoms. The highest BCUT2D eigenvalue weighted by Gasteiger charge is 2.01. The Hall–Kier alpha value is -1.35. The lowest BCUT2D eigenvalue weighted by Gasteiger charge is -1.98. The van der Waals surface area contributed by atoms with Gasteiger partial charge in [-0.25, -0.2) is 0 Å². The number of esters is 1. The summed E-state index contributed by atoms with van der Waals surface area (Å²) in [5.74, 6) is -0.176. The second-order valence-electron chi connectivity index (χ2n) is 2.83. The summed E-state index contributed by atoms with van der Waals surface area (Å²) in [6.07, 6.45) is 0.340. The van der Waals surface area contributed by atoms with E-state index in [-0.39, 0.29) is 5.97 Å². The number of hydrogen-bond donors (Lipinski definition) is 0. The van der Waals surface area contributed by atoms with E-state index in [1.54, 1.807) is 11.3 Å². The number of hydrogen-bond acceptors (Lipinski definition) is 3. The molecule has 1 rings (SSSR count). The molecule has 0 aromatic carbocycles. The maximum atomic E-state index is 11.3. The molecular weight excluding hydrogens is 208 g/mol. The lowest BCUT2D eigenvalue weighted by molar-refractivity contribution is -0.142. The second-order valence-corrected chi connectivity index (χ2v) is 3.86. The van der Waals surface area contributed by atoms with Crippen LogP contribution in [0, 0.1) is 0 Å². The molecule has 2 nitrogen and oxygen atoms in total. The zero-order chi connectivity index (χ0) is 10.9. The summed E-state index contributed by atoms with van der Waals surface area (Å²) >= 11 is 1.54. The van der Waals surface area contributed by atoms with Crippen molar-refractivity contribution in [1.82, 2.24) is 0 Å². The molecule has 1 aromatic rings. The Kier molecular flexibility index (Phi) is 5.48. The van der Waals surface area contributed by atoms with Crippen LogP contribution in [0.4, 0.5) is 0 Å². The molecule has 0 unspecified atom stereocenters. The average Bonchev–Trinajstić information content (AvgIpc) is 2.32. The standard InChI is InChI=1S/C12H14O2S/c1-2-14-12(13)10-11-8-6-4-3-5-7-9-15-11/h3-9H,2,10H2,1H3.